The molecular weight excluding hydrogens is 172 g/mol. The molecule has 76 valence electrons. The molecule has 0 bridgehead atoms. The first-order valence-corrected chi connectivity index (χ1v) is 5.35. The topological polar surface area (TPSA) is 29.3 Å². The van der Waals surface area contributed by atoms with Gasteiger partial charge in [0.25, 0.3) is 0 Å². The first-order chi connectivity index (χ1) is 6.74. The van der Waals surface area contributed by atoms with E-state index in [0.29, 0.717) is 0 Å². The van der Waals surface area contributed by atoms with E-state index in [4.69, 9.17) is 5.73 Å². The molecule has 1 aromatic carbocycles. The highest BCUT2D eigenvalue weighted by molar-refractivity contribution is 5.64. The van der Waals surface area contributed by atoms with Crippen LogP contribution in [-0.4, -0.2) is 12.6 Å². The lowest BCUT2D eigenvalue weighted by Gasteiger charge is -2.25. The van der Waals surface area contributed by atoms with Crippen molar-refractivity contribution >= 4 is 11.4 Å². The van der Waals surface area contributed by atoms with Gasteiger partial charge in [0, 0.05) is 24.0 Å². The summed E-state index contributed by atoms with van der Waals surface area (Å²) in [5.41, 5.74) is 9.35. The lowest BCUT2D eigenvalue weighted by Crippen LogP contribution is -2.25. The Morgan fingerprint density at radius 3 is 2.71 bits per heavy atom. The average Bonchev–Trinajstić information content (AvgIpc) is 2.97. The fourth-order valence-corrected chi connectivity index (χ4v) is 1.96. The monoisotopic (exact) mass is 190 g/mol. The van der Waals surface area contributed by atoms with Crippen LogP contribution < -0.4 is 10.6 Å². The molecule has 0 saturated heterocycles. The van der Waals surface area contributed by atoms with E-state index in [1.807, 2.05) is 12.1 Å². The second-order valence-corrected chi connectivity index (χ2v) is 4.01. The number of anilines is 2. The molecule has 0 heterocycles. The molecule has 0 spiro atoms. The maximum absolute atomic E-state index is 5.91. The van der Waals surface area contributed by atoms with Crippen LogP contribution in [0.25, 0.3) is 0 Å². The Bertz CT molecular complexity index is 329. The number of benzene rings is 1. The molecule has 2 N–H and O–H groups in total. The van der Waals surface area contributed by atoms with Crippen LogP contribution in [0.5, 0.6) is 0 Å². The van der Waals surface area contributed by atoms with Gasteiger partial charge in [-0.2, -0.15) is 0 Å². The SMILES string of the molecule is CCN(c1cccc(N)c1C)C1CC1. The van der Waals surface area contributed by atoms with Crippen molar-refractivity contribution in [2.24, 2.45) is 0 Å². The van der Waals surface area contributed by atoms with Gasteiger partial charge in [0.1, 0.15) is 0 Å². The lowest BCUT2D eigenvalue weighted by molar-refractivity contribution is 0.823. The van der Waals surface area contributed by atoms with Crippen LogP contribution >= 0.6 is 0 Å². The molecular formula is C12H18N2. The summed E-state index contributed by atoms with van der Waals surface area (Å²) in [6, 6.07) is 6.95. The van der Waals surface area contributed by atoms with Crippen LogP contribution in [0.2, 0.25) is 0 Å². The van der Waals surface area contributed by atoms with Gasteiger partial charge in [0.15, 0.2) is 0 Å². The number of hydrogen-bond donors (Lipinski definition) is 1. The van der Waals surface area contributed by atoms with Crippen LogP contribution in [-0.2, 0) is 0 Å². The minimum Gasteiger partial charge on any atom is -0.398 e. The summed E-state index contributed by atoms with van der Waals surface area (Å²) in [4.78, 5) is 2.46. The van der Waals surface area contributed by atoms with E-state index < -0.39 is 0 Å². The number of hydrogen-bond acceptors (Lipinski definition) is 2. The molecule has 0 atom stereocenters. The van der Waals surface area contributed by atoms with Crippen LogP contribution in [0.4, 0.5) is 11.4 Å². The van der Waals surface area contributed by atoms with E-state index in [2.05, 4.69) is 24.8 Å². The summed E-state index contributed by atoms with van der Waals surface area (Å²) in [5, 5.41) is 0. The van der Waals surface area contributed by atoms with Crippen LogP contribution in [0, 0.1) is 6.92 Å². The quantitative estimate of drug-likeness (QED) is 0.742. The number of nitrogens with two attached hydrogens (primary N) is 1. The van der Waals surface area contributed by atoms with Crippen LogP contribution in [0.1, 0.15) is 25.3 Å². The largest absolute Gasteiger partial charge is 0.398 e. The maximum Gasteiger partial charge on any atom is 0.0419 e. The van der Waals surface area contributed by atoms with Gasteiger partial charge in [-0.1, -0.05) is 6.07 Å². The molecule has 1 aliphatic rings. The Labute approximate surface area is 85.7 Å². The van der Waals surface area contributed by atoms with E-state index in [1.165, 1.54) is 24.1 Å². The van der Waals surface area contributed by atoms with Crippen molar-refractivity contribution in [3.05, 3.63) is 23.8 Å². The lowest BCUT2D eigenvalue weighted by atomic mass is 10.1. The molecule has 1 aliphatic carbocycles. The second-order valence-electron chi connectivity index (χ2n) is 4.01. The summed E-state index contributed by atoms with van der Waals surface area (Å²) < 4.78 is 0. The van der Waals surface area contributed by atoms with E-state index in [1.54, 1.807) is 0 Å². The van der Waals surface area contributed by atoms with Crippen molar-refractivity contribution in [3.63, 3.8) is 0 Å². The Balaban J connectivity index is 2.33. The number of rotatable bonds is 3. The van der Waals surface area contributed by atoms with E-state index in [0.717, 1.165) is 18.3 Å². The molecule has 0 amide bonds. The zero-order chi connectivity index (χ0) is 10.1. The zero-order valence-electron chi connectivity index (χ0n) is 8.96. The van der Waals surface area contributed by atoms with Crippen molar-refractivity contribution < 1.29 is 0 Å². The standard InChI is InChI=1S/C12H18N2/c1-3-14(10-7-8-10)12-6-4-5-11(13)9(12)2/h4-6,10H,3,7-8,13H2,1-2H3. The van der Waals surface area contributed by atoms with Gasteiger partial charge in [-0.3, -0.25) is 0 Å². The number of nitrogen functional groups attached to an aromatic ring is 1. The molecule has 0 radical (unpaired) electrons. The number of nitrogens with zero attached hydrogens (tertiary/aromatic N) is 1. The molecule has 0 unspecified atom stereocenters. The van der Waals surface area contributed by atoms with E-state index in [9.17, 15) is 0 Å². The van der Waals surface area contributed by atoms with Crippen molar-refractivity contribution in [2.45, 2.75) is 32.7 Å². The van der Waals surface area contributed by atoms with Gasteiger partial charge in [-0.25, -0.2) is 0 Å². The summed E-state index contributed by atoms with van der Waals surface area (Å²) in [7, 11) is 0. The third kappa shape index (κ3) is 1.57. The highest BCUT2D eigenvalue weighted by atomic mass is 15.2. The highest BCUT2D eigenvalue weighted by Gasteiger charge is 2.28. The molecule has 2 nitrogen and oxygen atoms in total. The fraction of sp³-hybridized carbons (Fsp3) is 0.500. The Morgan fingerprint density at radius 2 is 2.14 bits per heavy atom. The predicted octanol–water partition coefficient (Wildman–Crippen LogP) is 2.57. The average molecular weight is 190 g/mol. The van der Waals surface area contributed by atoms with Crippen molar-refractivity contribution in [2.75, 3.05) is 17.2 Å². The van der Waals surface area contributed by atoms with Gasteiger partial charge in [-0.15, -0.1) is 0 Å². The molecule has 14 heavy (non-hydrogen) atoms. The third-order valence-corrected chi connectivity index (χ3v) is 2.98. The molecule has 2 rings (SSSR count). The Hall–Kier alpha value is -1.18. The van der Waals surface area contributed by atoms with Crippen LogP contribution in [0.3, 0.4) is 0 Å². The normalized spacial score (nSPS) is 15.6. The van der Waals surface area contributed by atoms with Gasteiger partial charge >= 0.3 is 0 Å². The summed E-state index contributed by atoms with van der Waals surface area (Å²) >= 11 is 0. The second kappa shape index (κ2) is 3.52. The Morgan fingerprint density at radius 1 is 1.43 bits per heavy atom. The maximum atomic E-state index is 5.91. The predicted molar refractivity (Wildman–Crippen MR) is 61.6 cm³/mol. The zero-order valence-corrected chi connectivity index (χ0v) is 8.96. The van der Waals surface area contributed by atoms with Crippen LogP contribution in [0.15, 0.2) is 18.2 Å². The van der Waals surface area contributed by atoms with Gasteiger partial charge in [0.2, 0.25) is 0 Å². The summed E-state index contributed by atoms with van der Waals surface area (Å²) in [6.45, 7) is 5.39. The van der Waals surface area contributed by atoms with Gasteiger partial charge in [-0.05, 0) is 44.4 Å². The molecule has 1 fully saturated rings. The minimum absolute atomic E-state index is 0.764. The van der Waals surface area contributed by atoms with E-state index >= 15 is 0 Å². The van der Waals surface area contributed by atoms with Crippen molar-refractivity contribution in [1.29, 1.82) is 0 Å². The van der Waals surface area contributed by atoms with Gasteiger partial charge < -0.3 is 10.6 Å². The third-order valence-electron chi connectivity index (χ3n) is 2.98. The fourth-order valence-electron chi connectivity index (χ4n) is 1.96. The smallest absolute Gasteiger partial charge is 0.0419 e. The van der Waals surface area contributed by atoms with Gasteiger partial charge in [0.05, 0.1) is 0 Å². The Kier molecular flexibility index (Phi) is 2.36. The first-order valence-electron chi connectivity index (χ1n) is 5.35. The molecule has 1 saturated carbocycles. The van der Waals surface area contributed by atoms with Crippen molar-refractivity contribution in [3.8, 4) is 0 Å². The minimum atomic E-state index is 0.764. The summed E-state index contributed by atoms with van der Waals surface area (Å²) in [5.74, 6) is 0. The van der Waals surface area contributed by atoms with Crippen molar-refractivity contribution in [1.82, 2.24) is 0 Å². The molecule has 0 aromatic heterocycles. The molecule has 2 heteroatoms. The molecule has 0 aliphatic heterocycles. The summed E-state index contributed by atoms with van der Waals surface area (Å²) in [6.07, 6.45) is 2.67. The first kappa shape index (κ1) is 9.38. The highest BCUT2D eigenvalue weighted by Crippen LogP contribution is 2.34. The molecule has 1 aromatic rings. The van der Waals surface area contributed by atoms with E-state index in [-0.39, 0.29) is 0 Å².